The summed E-state index contributed by atoms with van der Waals surface area (Å²) in [6.07, 6.45) is 10.7. The van der Waals surface area contributed by atoms with Gasteiger partial charge in [-0.2, -0.15) is 0 Å². The molecule has 0 amide bonds. The maximum absolute atomic E-state index is 10.6. The van der Waals surface area contributed by atoms with Crippen molar-refractivity contribution in [3.63, 3.8) is 0 Å². The van der Waals surface area contributed by atoms with Gasteiger partial charge in [0, 0.05) is 0 Å². The van der Waals surface area contributed by atoms with Crippen LogP contribution in [0.1, 0.15) is 63.9 Å². The average Bonchev–Trinajstić information content (AvgIpc) is 3.19. The molecule has 1 saturated carbocycles. The zero-order valence-corrected chi connectivity index (χ0v) is 16.2. The van der Waals surface area contributed by atoms with Crippen LogP contribution >= 0.6 is 20.2 Å². The monoisotopic (exact) mass is 430 g/mol. The molecule has 1 aromatic carbocycles. The number of unbranched alkanes of at least 4 members (excludes halogenated alkanes) is 1. The maximum atomic E-state index is 10.6. The summed E-state index contributed by atoms with van der Waals surface area (Å²) in [7, 11) is -0.805. The van der Waals surface area contributed by atoms with Crippen LogP contribution in [-0.4, -0.2) is 20.0 Å². The molecule has 1 aliphatic carbocycles. The normalized spacial score (nSPS) is 20.0. The fourth-order valence-electron chi connectivity index (χ4n) is 4.06. The predicted molar refractivity (Wildman–Crippen MR) is 104 cm³/mol. The summed E-state index contributed by atoms with van der Waals surface area (Å²) in [5, 5.41) is 9.79. The molecule has 128 valence electrons. The van der Waals surface area contributed by atoms with Crippen LogP contribution in [0.5, 0.6) is 0 Å². The van der Waals surface area contributed by atoms with Gasteiger partial charge in [0.15, 0.2) is 0 Å². The topological polar surface area (TPSA) is 49.7 Å². The summed E-state index contributed by atoms with van der Waals surface area (Å²) < 4.78 is 17.8. The molecule has 2 N–H and O–H groups in total. The Bertz CT molecular complexity index is 531. The van der Waals surface area contributed by atoms with Crippen molar-refractivity contribution >= 4 is 32.8 Å². The van der Waals surface area contributed by atoms with E-state index in [0.29, 0.717) is 12.0 Å². The van der Waals surface area contributed by atoms with Gasteiger partial charge >= 0.3 is 148 Å². The van der Waals surface area contributed by atoms with E-state index in [1.807, 2.05) is 18.2 Å². The quantitative estimate of drug-likeness (QED) is 0.301. The fourth-order valence-corrected chi connectivity index (χ4v) is 7.23. The molecule has 1 heterocycles. The van der Waals surface area contributed by atoms with Gasteiger partial charge in [0.05, 0.1) is 0 Å². The van der Waals surface area contributed by atoms with E-state index in [9.17, 15) is 8.46 Å². The zero-order valence-electron chi connectivity index (χ0n) is 14.1. The Morgan fingerprint density at radius 3 is 2.78 bits per heavy atom. The number of fused-ring (bicyclic) bond motifs is 1. The Labute approximate surface area is 147 Å². The van der Waals surface area contributed by atoms with Gasteiger partial charge in [-0.3, -0.25) is 0 Å². The van der Waals surface area contributed by atoms with Gasteiger partial charge in [0.1, 0.15) is 0 Å². The molecule has 2 aliphatic rings. The Kier molecular flexibility index (Phi) is 6.04. The van der Waals surface area contributed by atoms with Gasteiger partial charge in [-0.25, -0.2) is 0 Å². The first-order valence-corrected chi connectivity index (χ1v) is 12.5. The third kappa shape index (κ3) is 4.11. The molecule has 1 aliphatic heterocycles. The van der Waals surface area contributed by atoms with E-state index in [1.165, 1.54) is 44.9 Å². The molecule has 3 nitrogen and oxygen atoms in total. The van der Waals surface area contributed by atoms with E-state index >= 15 is 0 Å². The van der Waals surface area contributed by atoms with Crippen LogP contribution in [0.15, 0.2) is 18.2 Å². The van der Waals surface area contributed by atoms with Crippen LogP contribution in [-0.2, 0) is 11.3 Å². The number of halogens is 1. The molecule has 0 atom stereocenters. The number of hydrogen-bond acceptors (Lipinski definition) is 3. The molecule has 3 rings (SSSR count). The summed E-state index contributed by atoms with van der Waals surface area (Å²) in [5.41, 5.74) is 2.52. The second-order valence-electron chi connectivity index (χ2n) is 7.05. The van der Waals surface area contributed by atoms with Crippen molar-refractivity contribution in [2.24, 2.45) is 5.41 Å². The van der Waals surface area contributed by atoms with Crippen molar-refractivity contribution in [3.8, 4) is 0 Å². The van der Waals surface area contributed by atoms with E-state index in [1.54, 1.807) is 0 Å². The van der Waals surface area contributed by atoms with Gasteiger partial charge < -0.3 is 0 Å². The summed E-state index contributed by atoms with van der Waals surface area (Å²) in [4.78, 5) is 0. The molecule has 0 bridgehead atoms. The first-order valence-electron chi connectivity index (χ1n) is 8.91. The standard InChI is InChI=1S/C18H28BIO3/c1-2-18(9-3-4-10-18)11-5-6-12-20(22)16-8-7-15-14-23-19(21)17(15)13-16/h7-8,13,21-22H,2-6,9-12,14H2,1H3. The van der Waals surface area contributed by atoms with Crippen LogP contribution < -0.4 is 5.46 Å². The summed E-state index contributed by atoms with van der Waals surface area (Å²) in [6.45, 7) is 2.82. The molecule has 5 heteroatoms. The first-order chi connectivity index (χ1) is 11.1. The molecule has 1 fully saturated rings. The molecule has 0 radical (unpaired) electrons. The van der Waals surface area contributed by atoms with Crippen molar-refractivity contribution in [2.45, 2.75) is 64.9 Å². The van der Waals surface area contributed by atoms with Gasteiger partial charge in [0.2, 0.25) is 0 Å². The van der Waals surface area contributed by atoms with E-state index in [4.69, 9.17) is 4.65 Å². The van der Waals surface area contributed by atoms with E-state index in [-0.39, 0.29) is 0 Å². The SMILES string of the molecule is CCC1(CCCCI(O)c2ccc3c(c2)B(O)OC3)CCCC1. The molecular formula is C18H28BIO3. The Hall–Kier alpha value is -0.105. The molecule has 0 spiro atoms. The van der Waals surface area contributed by atoms with Crippen molar-refractivity contribution in [1.29, 1.82) is 0 Å². The molecular weight excluding hydrogens is 402 g/mol. The number of benzene rings is 1. The second-order valence-corrected chi connectivity index (χ2v) is 11.3. The minimum absolute atomic E-state index is 0.482. The van der Waals surface area contributed by atoms with Gasteiger partial charge in [-0.1, -0.05) is 0 Å². The number of hydrogen-bond donors (Lipinski definition) is 2. The van der Waals surface area contributed by atoms with Crippen LogP contribution in [0.3, 0.4) is 0 Å². The van der Waals surface area contributed by atoms with Crippen molar-refractivity contribution in [1.82, 2.24) is 0 Å². The third-order valence-corrected chi connectivity index (χ3v) is 9.60. The molecule has 23 heavy (non-hydrogen) atoms. The van der Waals surface area contributed by atoms with Crippen LogP contribution in [0.2, 0.25) is 0 Å². The van der Waals surface area contributed by atoms with Crippen molar-refractivity contribution in [2.75, 3.05) is 4.43 Å². The van der Waals surface area contributed by atoms with E-state index in [2.05, 4.69) is 6.92 Å². The number of alkyl halides is 1. The molecule has 0 saturated heterocycles. The summed E-state index contributed by atoms with van der Waals surface area (Å²) >= 11 is -2.07. The zero-order chi connectivity index (χ0) is 16.3. The molecule has 0 aromatic heterocycles. The van der Waals surface area contributed by atoms with E-state index in [0.717, 1.165) is 25.4 Å². The van der Waals surface area contributed by atoms with Crippen molar-refractivity contribution in [3.05, 3.63) is 27.3 Å². The van der Waals surface area contributed by atoms with Gasteiger partial charge in [-0.15, -0.1) is 0 Å². The third-order valence-electron chi connectivity index (χ3n) is 5.71. The molecule has 0 unspecified atom stereocenters. The predicted octanol–water partition coefficient (Wildman–Crippen LogP) is 3.63. The van der Waals surface area contributed by atoms with Gasteiger partial charge in [0.25, 0.3) is 0 Å². The fraction of sp³-hybridized carbons (Fsp3) is 0.667. The Morgan fingerprint density at radius 2 is 2.04 bits per heavy atom. The Balaban J connectivity index is 1.48. The second kappa shape index (κ2) is 7.85. The van der Waals surface area contributed by atoms with Crippen LogP contribution in [0, 0.1) is 8.99 Å². The summed E-state index contributed by atoms with van der Waals surface area (Å²) in [5.74, 6) is 0. The minimum atomic E-state index is -2.07. The first kappa shape index (κ1) is 17.7. The van der Waals surface area contributed by atoms with Crippen LogP contribution in [0.25, 0.3) is 0 Å². The Morgan fingerprint density at radius 1 is 1.26 bits per heavy atom. The average molecular weight is 430 g/mol. The van der Waals surface area contributed by atoms with Crippen molar-refractivity contribution < 1.29 is 13.1 Å². The van der Waals surface area contributed by atoms with Crippen LogP contribution in [0.4, 0.5) is 0 Å². The number of rotatable bonds is 7. The van der Waals surface area contributed by atoms with Gasteiger partial charge in [-0.05, 0) is 0 Å². The van der Waals surface area contributed by atoms with E-state index < -0.39 is 27.4 Å². The molecule has 1 aromatic rings. The summed E-state index contributed by atoms with van der Waals surface area (Å²) in [6, 6.07) is 6.02.